The van der Waals surface area contributed by atoms with Crippen molar-refractivity contribution in [3.05, 3.63) is 11.9 Å². The Morgan fingerprint density at radius 2 is 2.00 bits per heavy atom. The van der Waals surface area contributed by atoms with Crippen LogP contribution in [0.5, 0.6) is 0 Å². The van der Waals surface area contributed by atoms with Crippen molar-refractivity contribution in [2.75, 3.05) is 24.3 Å². The molecule has 0 bridgehead atoms. The van der Waals surface area contributed by atoms with Crippen LogP contribution in [0.1, 0.15) is 26.6 Å². The molecule has 1 aromatic heterocycles. The maximum Gasteiger partial charge on any atom is 0.158 e. The van der Waals surface area contributed by atoms with Crippen molar-refractivity contribution in [1.82, 2.24) is 9.97 Å². The number of ether oxygens (including phenoxy) is 1. The van der Waals surface area contributed by atoms with Crippen LogP contribution in [0.3, 0.4) is 0 Å². The van der Waals surface area contributed by atoms with Gasteiger partial charge in [-0.2, -0.15) is 0 Å². The molecule has 1 heterocycles. The van der Waals surface area contributed by atoms with Crippen molar-refractivity contribution >= 4 is 11.6 Å². The van der Waals surface area contributed by atoms with Gasteiger partial charge in [0.05, 0.1) is 0 Å². The first-order chi connectivity index (χ1) is 7.65. The summed E-state index contributed by atoms with van der Waals surface area (Å²) in [6.45, 7) is 7.44. The SMILES string of the molecule is CCNc1cc(NC(C)C)nc(COC)n1. The van der Waals surface area contributed by atoms with E-state index in [1.54, 1.807) is 7.11 Å². The van der Waals surface area contributed by atoms with Crippen LogP contribution < -0.4 is 10.6 Å². The first kappa shape index (κ1) is 12.7. The van der Waals surface area contributed by atoms with E-state index in [2.05, 4.69) is 34.4 Å². The van der Waals surface area contributed by atoms with Crippen LogP contribution >= 0.6 is 0 Å². The van der Waals surface area contributed by atoms with Crippen LogP contribution in [0, 0.1) is 0 Å². The topological polar surface area (TPSA) is 59.1 Å². The van der Waals surface area contributed by atoms with Gasteiger partial charge in [0.2, 0.25) is 0 Å². The second-order valence-electron chi connectivity index (χ2n) is 3.82. The summed E-state index contributed by atoms with van der Waals surface area (Å²) in [7, 11) is 1.64. The summed E-state index contributed by atoms with van der Waals surface area (Å²) in [6.07, 6.45) is 0. The average molecular weight is 224 g/mol. The molecule has 90 valence electrons. The molecular weight excluding hydrogens is 204 g/mol. The monoisotopic (exact) mass is 224 g/mol. The second-order valence-corrected chi connectivity index (χ2v) is 3.82. The number of rotatable bonds is 6. The van der Waals surface area contributed by atoms with Crippen LogP contribution in [-0.2, 0) is 11.3 Å². The van der Waals surface area contributed by atoms with Crippen LogP contribution in [-0.4, -0.2) is 29.7 Å². The average Bonchev–Trinajstić information content (AvgIpc) is 2.17. The smallest absolute Gasteiger partial charge is 0.158 e. The molecule has 0 atom stereocenters. The lowest BCUT2D eigenvalue weighted by Crippen LogP contribution is -2.13. The van der Waals surface area contributed by atoms with Gasteiger partial charge in [-0.25, -0.2) is 9.97 Å². The molecule has 0 saturated heterocycles. The Morgan fingerprint density at radius 3 is 2.56 bits per heavy atom. The predicted octanol–water partition coefficient (Wildman–Crippen LogP) is 1.88. The Morgan fingerprint density at radius 1 is 1.31 bits per heavy atom. The van der Waals surface area contributed by atoms with Crippen molar-refractivity contribution in [3.8, 4) is 0 Å². The van der Waals surface area contributed by atoms with Crippen molar-refractivity contribution in [2.45, 2.75) is 33.4 Å². The minimum Gasteiger partial charge on any atom is -0.377 e. The van der Waals surface area contributed by atoms with Gasteiger partial charge in [0.25, 0.3) is 0 Å². The van der Waals surface area contributed by atoms with Gasteiger partial charge in [0.1, 0.15) is 18.2 Å². The summed E-state index contributed by atoms with van der Waals surface area (Å²) in [6, 6.07) is 2.25. The lowest BCUT2D eigenvalue weighted by atomic mass is 10.4. The van der Waals surface area contributed by atoms with Gasteiger partial charge in [-0.1, -0.05) is 0 Å². The number of methoxy groups -OCH3 is 1. The summed E-state index contributed by atoms with van der Waals surface area (Å²) < 4.78 is 5.04. The van der Waals surface area contributed by atoms with E-state index in [0.717, 1.165) is 18.2 Å². The van der Waals surface area contributed by atoms with Crippen LogP contribution in [0.15, 0.2) is 6.07 Å². The molecule has 0 aliphatic heterocycles. The number of nitrogens with one attached hydrogen (secondary N) is 2. The standard InChI is InChI=1S/C11H20N4O/c1-5-12-9-6-10(13-8(2)3)15-11(14-9)7-16-4/h6,8H,5,7H2,1-4H3,(H2,12,13,14,15). The van der Waals surface area contributed by atoms with E-state index in [4.69, 9.17) is 4.74 Å². The first-order valence-corrected chi connectivity index (χ1v) is 5.53. The van der Waals surface area contributed by atoms with Crippen molar-refractivity contribution in [3.63, 3.8) is 0 Å². The van der Waals surface area contributed by atoms with E-state index in [-0.39, 0.29) is 0 Å². The molecular formula is C11H20N4O. The fraction of sp³-hybridized carbons (Fsp3) is 0.636. The van der Waals surface area contributed by atoms with Gasteiger partial charge in [-0.15, -0.1) is 0 Å². The summed E-state index contributed by atoms with van der Waals surface area (Å²) in [5.41, 5.74) is 0. The molecule has 2 N–H and O–H groups in total. The Labute approximate surface area is 96.6 Å². The maximum absolute atomic E-state index is 5.04. The van der Waals surface area contributed by atoms with Gasteiger partial charge in [-0.3, -0.25) is 0 Å². The van der Waals surface area contributed by atoms with E-state index in [0.29, 0.717) is 18.5 Å². The number of nitrogens with zero attached hydrogens (tertiary/aromatic N) is 2. The van der Waals surface area contributed by atoms with Gasteiger partial charge >= 0.3 is 0 Å². The van der Waals surface area contributed by atoms with Gasteiger partial charge in [0, 0.05) is 25.8 Å². The number of anilines is 2. The largest absolute Gasteiger partial charge is 0.377 e. The number of aromatic nitrogens is 2. The predicted molar refractivity (Wildman–Crippen MR) is 65.7 cm³/mol. The van der Waals surface area contributed by atoms with Gasteiger partial charge in [0.15, 0.2) is 5.82 Å². The molecule has 5 nitrogen and oxygen atoms in total. The Balaban J connectivity index is 2.88. The zero-order valence-corrected chi connectivity index (χ0v) is 10.4. The molecule has 0 saturated carbocycles. The number of hydrogen-bond acceptors (Lipinski definition) is 5. The van der Waals surface area contributed by atoms with Gasteiger partial charge in [-0.05, 0) is 20.8 Å². The van der Waals surface area contributed by atoms with E-state index < -0.39 is 0 Å². The Kier molecular flexibility index (Phi) is 4.98. The minimum absolute atomic E-state index is 0.347. The summed E-state index contributed by atoms with van der Waals surface area (Å²) in [5, 5.41) is 6.43. The van der Waals surface area contributed by atoms with Gasteiger partial charge < -0.3 is 15.4 Å². The molecule has 0 amide bonds. The lowest BCUT2D eigenvalue weighted by Gasteiger charge is -2.12. The highest BCUT2D eigenvalue weighted by atomic mass is 16.5. The highest BCUT2D eigenvalue weighted by Crippen LogP contribution is 2.12. The molecule has 1 aromatic rings. The first-order valence-electron chi connectivity index (χ1n) is 5.53. The maximum atomic E-state index is 5.04. The molecule has 0 aromatic carbocycles. The third kappa shape index (κ3) is 4.02. The van der Waals surface area contributed by atoms with Crippen molar-refractivity contribution < 1.29 is 4.74 Å². The van der Waals surface area contributed by atoms with Crippen molar-refractivity contribution in [2.24, 2.45) is 0 Å². The zero-order valence-electron chi connectivity index (χ0n) is 10.4. The third-order valence-corrected chi connectivity index (χ3v) is 1.84. The Hall–Kier alpha value is -1.36. The van der Waals surface area contributed by atoms with Crippen LogP contribution in [0.4, 0.5) is 11.6 Å². The third-order valence-electron chi connectivity index (χ3n) is 1.84. The molecule has 0 unspecified atom stereocenters. The zero-order chi connectivity index (χ0) is 12.0. The lowest BCUT2D eigenvalue weighted by molar-refractivity contribution is 0.178. The van der Waals surface area contributed by atoms with Crippen LogP contribution in [0.25, 0.3) is 0 Å². The van der Waals surface area contributed by atoms with E-state index in [1.165, 1.54) is 0 Å². The highest BCUT2D eigenvalue weighted by molar-refractivity contribution is 5.47. The molecule has 0 fully saturated rings. The van der Waals surface area contributed by atoms with E-state index in [1.807, 2.05) is 13.0 Å². The summed E-state index contributed by atoms with van der Waals surface area (Å²) >= 11 is 0. The summed E-state index contributed by atoms with van der Waals surface area (Å²) in [5.74, 6) is 2.34. The molecule has 5 heteroatoms. The van der Waals surface area contributed by atoms with E-state index in [9.17, 15) is 0 Å². The highest BCUT2D eigenvalue weighted by Gasteiger charge is 2.04. The molecule has 16 heavy (non-hydrogen) atoms. The fourth-order valence-corrected chi connectivity index (χ4v) is 1.33. The molecule has 0 aliphatic carbocycles. The Bertz CT molecular complexity index is 304. The normalized spacial score (nSPS) is 10.6. The number of hydrogen-bond donors (Lipinski definition) is 2. The second kappa shape index (κ2) is 6.27. The summed E-state index contributed by atoms with van der Waals surface area (Å²) in [4.78, 5) is 8.69. The quantitative estimate of drug-likeness (QED) is 0.772. The van der Waals surface area contributed by atoms with E-state index >= 15 is 0 Å². The van der Waals surface area contributed by atoms with Crippen LogP contribution in [0.2, 0.25) is 0 Å². The fourth-order valence-electron chi connectivity index (χ4n) is 1.33. The van der Waals surface area contributed by atoms with Crippen molar-refractivity contribution in [1.29, 1.82) is 0 Å². The molecule has 1 rings (SSSR count). The molecule has 0 radical (unpaired) electrons. The minimum atomic E-state index is 0.347. The molecule has 0 spiro atoms. The molecule has 0 aliphatic rings.